The number of nitriles is 1. The zero-order chi connectivity index (χ0) is 25.2. The standard InChI is InChI=1S/C26H27FN8S/c1-4-34-9-11-35(12-10-34)17-5-6-21(30-14-17)32-26-31-15-20(27)23(33-26)25-19(13-28)22-24(36-25)18(16(2)3)7-8-29-22/h5-8,14-16H,4,9-12H2,1-3H3,(H,30,31,32,33). The van der Waals surface area contributed by atoms with E-state index in [0.29, 0.717) is 21.8 Å². The Bertz CT molecular complexity index is 1420. The van der Waals surface area contributed by atoms with E-state index in [9.17, 15) is 9.65 Å². The first-order valence-corrected chi connectivity index (χ1v) is 12.8. The Balaban J connectivity index is 1.42. The number of halogens is 1. The second-order valence-corrected chi connectivity index (χ2v) is 10.0. The molecule has 0 aromatic carbocycles. The van der Waals surface area contributed by atoms with E-state index >= 15 is 0 Å². The van der Waals surface area contributed by atoms with Crippen LogP contribution in [0.2, 0.25) is 0 Å². The number of hydrogen-bond acceptors (Lipinski definition) is 9. The van der Waals surface area contributed by atoms with E-state index in [1.165, 1.54) is 11.3 Å². The molecule has 1 N–H and O–H groups in total. The lowest BCUT2D eigenvalue weighted by Gasteiger charge is -2.35. The van der Waals surface area contributed by atoms with Crippen LogP contribution in [0, 0.1) is 17.1 Å². The lowest BCUT2D eigenvalue weighted by molar-refractivity contribution is 0.271. The summed E-state index contributed by atoms with van der Waals surface area (Å²) >= 11 is 1.34. The molecule has 1 fully saturated rings. The van der Waals surface area contributed by atoms with Crippen LogP contribution in [0.1, 0.15) is 37.8 Å². The van der Waals surface area contributed by atoms with Gasteiger partial charge in [-0.1, -0.05) is 20.8 Å². The molecule has 0 bridgehead atoms. The molecular formula is C26H27FN8S. The van der Waals surface area contributed by atoms with Crippen molar-refractivity contribution in [1.29, 1.82) is 5.26 Å². The van der Waals surface area contributed by atoms with Crippen LogP contribution in [0.4, 0.5) is 21.8 Å². The van der Waals surface area contributed by atoms with Crippen molar-refractivity contribution in [2.75, 3.05) is 42.9 Å². The highest BCUT2D eigenvalue weighted by Gasteiger charge is 2.22. The van der Waals surface area contributed by atoms with Gasteiger partial charge in [0.15, 0.2) is 5.82 Å². The molecule has 184 valence electrons. The third-order valence-electron chi connectivity index (χ3n) is 6.47. The topological polar surface area (TPSA) is 93.9 Å². The van der Waals surface area contributed by atoms with E-state index in [0.717, 1.165) is 54.9 Å². The van der Waals surface area contributed by atoms with Gasteiger partial charge in [-0.15, -0.1) is 11.3 Å². The van der Waals surface area contributed by atoms with Gasteiger partial charge in [0.05, 0.1) is 38.7 Å². The molecule has 0 aliphatic carbocycles. The number of anilines is 3. The molecule has 1 aliphatic rings. The fourth-order valence-electron chi connectivity index (χ4n) is 4.40. The van der Waals surface area contributed by atoms with Crippen LogP contribution in [-0.2, 0) is 0 Å². The van der Waals surface area contributed by atoms with Gasteiger partial charge < -0.3 is 15.1 Å². The molecule has 0 spiro atoms. The normalized spacial score (nSPS) is 14.4. The first kappa shape index (κ1) is 24.0. The highest BCUT2D eigenvalue weighted by molar-refractivity contribution is 7.22. The predicted octanol–water partition coefficient (Wildman–Crippen LogP) is 5.17. The Labute approximate surface area is 213 Å². The number of hydrogen-bond donors (Lipinski definition) is 1. The Morgan fingerprint density at radius 1 is 1.11 bits per heavy atom. The number of fused-ring (bicyclic) bond motifs is 1. The van der Waals surface area contributed by atoms with Gasteiger partial charge in [-0.25, -0.2) is 19.3 Å². The maximum atomic E-state index is 14.9. The summed E-state index contributed by atoms with van der Waals surface area (Å²) in [6.07, 6.45) is 4.64. The number of nitrogens with one attached hydrogen (secondary N) is 1. The van der Waals surface area contributed by atoms with Crippen molar-refractivity contribution in [3.05, 3.63) is 53.7 Å². The van der Waals surface area contributed by atoms with E-state index in [1.54, 1.807) is 6.20 Å². The van der Waals surface area contributed by atoms with Crippen LogP contribution in [0.5, 0.6) is 0 Å². The molecule has 0 unspecified atom stereocenters. The zero-order valence-corrected chi connectivity index (χ0v) is 21.3. The Morgan fingerprint density at radius 2 is 1.92 bits per heavy atom. The summed E-state index contributed by atoms with van der Waals surface area (Å²) in [5.74, 6) is 0.417. The molecule has 0 amide bonds. The minimum atomic E-state index is -0.593. The van der Waals surface area contributed by atoms with Crippen LogP contribution in [-0.4, -0.2) is 57.6 Å². The maximum Gasteiger partial charge on any atom is 0.229 e. The predicted molar refractivity (Wildman–Crippen MR) is 141 cm³/mol. The molecule has 5 rings (SSSR count). The van der Waals surface area contributed by atoms with Crippen molar-refractivity contribution in [1.82, 2.24) is 24.8 Å². The van der Waals surface area contributed by atoms with Gasteiger partial charge >= 0.3 is 0 Å². The van der Waals surface area contributed by atoms with Crippen LogP contribution >= 0.6 is 11.3 Å². The fourth-order valence-corrected chi connectivity index (χ4v) is 5.77. The van der Waals surface area contributed by atoms with Gasteiger partial charge in [0.2, 0.25) is 5.95 Å². The van der Waals surface area contributed by atoms with Crippen LogP contribution in [0.15, 0.2) is 36.8 Å². The van der Waals surface area contributed by atoms with Crippen LogP contribution in [0.25, 0.3) is 20.8 Å². The first-order chi connectivity index (χ1) is 17.5. The SMILES string of the molecule is CCN1CCN(c2ccc(Nc3ncc(F)c(-c4sc5c(C(C)C)ccnc5c4C#N)n3)nc2)CC1. The van der Waals surface area contributed by atoms with E-state index in [1.807, 2.05) is 24.4 Å². The Kier molecular flexibility index (Phi) is 6.76. The molecule has 36 heavy (non-hydrogen) atoms. The molecule has 0 atom stereocenters. The average molecular weight is 503 g/mol. The molecule has 8 nitrogen and oxygen atoms in total. The van der Waals surface area contributed by atoms with Crippen LogP contribution in [0.3, 0.4) is 0 Å². The van der Waals surface area contributed by atoms with E-state index in [-0.39, 0.29) is 17.6 Å². The highest BCUT2D eigenvalue weighted by atomic mass is 32.1. The van der Waals surface area contributed by atoms with E-state index in [2.05, 4.69) is 61.9 Å². The number of nitrogens with zero attached hydrogens (tertiary/aromatic N) is 7. The van der Waals surface area contributed by atoms with E-state index < -0.39 is 5.82 Å². The van der Waals surface area contributed by atoms with Gasteiger partial charge in [0, 0.05) is 32.4 Å². The summed E-state index contributed by atoms with van der Waals surface area (Å²) in [6, 6.07) is 8.03. The third kappa shape index (κ3) is 4.59. The summed E-state index contributed by atoms with van der Waals surface area (Å²) in [5.41, 5.74) is 3.11. The van der Waals surface area contributed by atoms with Crippen molar-refractivity contribution in [3.8, 4) is 16.6 Å². The van der Waals surface area contributed by atoms with Gasteiger partial charge in [0.25, 0.3) is 0 Å². The molecule has 4 aromatic rings. The molecule has 1 saturated heterocycles. The van der Waals surface area contributed by atoms with Crippen molar-refractivity contribution in [2.24, 2.45) is 0 Å². The second-order valence-electron chi connectivity index (χ2n) is 8.99. The number of likely N-dealkylation sites (N-methyl/N-ethyl adjacent to an activating group) is 1. The van der Waals surface area contributed by atoms with Crippen LogP contribution < -0.4 is 10.2 Å². The maximum absolute atomic E-state index is 14.9. The number of rotatable bonds is 6. The highest BCUT2D eigenvalue weighted by Crippen LogP contribution is 2.40. The monoisotopic (exact) mass is 502 g/mol. The molecule has 0 radical (unpaired) electrons. The van der Waals surface area contributed by atoms with Crippen molar-refractivity contribution < 1.29 is 4.39 Å². The second kappa shape index (κ2) is 10.1. The fraction of sp³-hybridized carbons (Fsp3) is 0.346. The Hall–Kier alpha value is -3.68. The Morgan fingerprint density at radius 3 is 2.58 bits per heavy atom. The number of pyridine rings is 2. The summed E-state index contributed by atoms with van der Waals surface area (Å²) in [6.45, 7) is 11.4. The van der Waals surface area contributed by atoms with Crippen molar-refractivity contribution >= 4 is 39.0 Å². The van der Waals surface area contributed by atoms with Gasteiger partial charge in [-0.2, -0.15) is 5.26 Å². The summed E-state index contributed by atoms with van der Waals surface area (Å²) in [4.78, 5) is 22.6. The summed E-state index contributed by atoms with van der Waals surface area (Å²) < 4.78 is 15.8. The zero-order valence-electron chi connectivity index (χ0n) is 20.5. The first-order valence-electron chi connectivity index (χ1n) is 12.0. The summed E-state index contributed by atoms with van der Waals surface area (Å²) in [7, 11) is 0. The molecule has 10 heteroatoms. The van der Waals surface area contributed by atoms with Gasteiger partial charge in [-0.05, 0) is 36.2 Å². The smallest absolute Gasteiger partial charge is 0.229 e. The van der Waals surface area contributed by atoms with Gasteiger partial charge in [0.1, 0.15) is 17.6 Å². The minimum absolute atomic E-state index is 0.0761. The van der Waals surface area contributed by atoms with Crippen molar-refractivity contribution in [2.45, 2.75) is 26.7 Å². The minimum Gasteiger partial charge on any atom is -0.368 e. The molecule has 0 saturated carbocycles. The third-order valence-corrected chi connectivity index (χ3v) is 7.70. The van der Waals surface area contributed by atoms with E-state index in [4.69, 9.17) is 0 Å². The van der Waals surface area contributed by atoms with Crippen molar-refractivity contribution in [3.63, 3.8) is 0 Å². The molecular weight excluding hydrogens is 475 g/mol. The number of piperazine rings is 1. The quantitative estimate of drug-likeness (QED) is 0.386. The number of aromatic nitrogens is 4. The molecule has 5 heterocycles. The lowest BCUT2D eigenvalue weighted by Crippen LogP contribution is -2.46. The largest absolute Gasteiger partial charge is 0.368 e. The summed E-state index contributed by atoms with van der Waals surface area (Å²) in [5, 5.41) is 12.9. The molecule has 4 aromatic heterocycles. The lowest BCUT2D eigenvalue weighted by atomic mass is 10.0. The molecule has 1 aliphatic heterocycles. The van der Waals surface area contributed by atoms with Gasteiger partial charge in [-0.3, -0.25) is 4.98 Å². The average Bonchev–Trinajstić information content (AvgIpc) is 3.28. The number of thiophene rings is 1.